The lowest BCUT2D eigenvalue weighted by molar-refractivity contribution is 0.0526. The number of hydrogen-bond donors (Lipinski definition) is 2. The maximum absolute atomic E-state index is 4.76. The molecule has 0 radical (unpaired) electrons. The molecule has 4 nitrogen and oxygen atoms in total. The molecule has 0 saturated carbocycles. The van der Waals surface area contributed by atoms with Gasteiger partial charge in [0.25, 0.3) is 0 Å². The molecule has 2 atom stereocenters. The lowest BCUT2D eigenvalue weighted by Gasteiger charge is -2.47. The average molecular weight is 327 g/mol. The summed E-state index contributed by atoms with van der Waals surface area (Å²) in [6.45, 7) is 4.03. The number of hydrogen-bond acceptors (Lipinski definition) is 3. The average Bonchev–Trinajstić information content (AvgIpc) is 2.48. The highest BCUT2D eigenvalue weighted by atomic mass is 32.2. The van der Waals surface area contributed by atoms with Gasteiger partial charge in [-0.2, -0.15) is 11.8 Å². The molecule has 0 aromatic heterocycles. The first-order chi connectivity index (χ1) is 10.7. The first-order valence-electron chi connectivity index (χ1n) is 9.00. The SMILES string of the molecule is CCNC(=NCCCCSC)NC1CC2CCCC(C1)N2C. The topological polar surface area (TPSA) is 39.7 Å². The van der Waals surface area contributed by atoms with Crippen LogP contribution in [0.15, 0.2) is 4.99 Å². The van der Waals surface area contributed by atoms with Crippen LogP contribution in [0, 0.1) is 0 Å². The Morgan fingerprint density at radius 2 is 1.95 bits per heavy atom. The van der Waals surface area contributed by atoms with Crippen LogP contribution in [-0.2, 0) is 0 Å². The van der Waals surface area contributed by atoms with Crippen molar-refractivity contribution in [2.75, 3.05) is 32.1 Å². The van der Waals surface area contributed by atoms with Crippen molar-refractivity contribution in [3.8, 4) is 0 Å². The van der Waals surface area contributed by atoms with E-state index in [2.05, 4.69) is 35.8 Å². The molecule has 2 unspecified atom stereocenters. The molecule has 2 bridgehead atoms. The standard InChI is InChI=1S/C17H34N4S/c1-4-18-17(19-10-5-6-11-22-3)20-14-12-15-8-7-9-16(13-14)21(15)2/h14-16H,4-13H2,1-3H3,(H2,18,19,20). The molecule has 0 amide bonds. The van der Waals surface area contributed by atoms with Gasteiger partial charge >= 0.3 is 0 Å². The van der Waals surface area contributed by atoms with Crippen molar-refractivity contribution in [2.24, 2.45) is 4.99 Å². The second kappa shape index (κ2) is 9.66. The third-order valence-corrected chi connectivity index (χ3v) is 5.75. The molecule has 5 heteroatoms. The van der Waals surface area contributed by atoms with E-state index in [-0.39, 0.29) is 0 Å². The van der Waals surface area contributed by atoms with E-state index >= 15 is 0 Å². The quantitative estimate of drug-likeness (QED) is 0.429. The van der Waals surface area contributed by atoms with Crippen LogP contribution in [0.4, 0.5) is 0 Å². The minimum Gasteiger partial charge on any atom is -0.357 e. The number of unbranched alkanes of at least 4 members (excludes halogenated alkanes) is 1. The largest absolute Gasteiger partial charge is 0.357 e. The summed E-state index contributed by atoms with van der Waals surface area (Å²) in [5.41, 5.74) is 0. The van der Waals surface area contributed by atoms with E-state index in [0.717, 1.165) is 31.1 Å². The van der Waals surface area contributed by atoms with Gasteiger partial charge in [-0.05, 0) is 64.5 Å². The Bertz CT molecular complexity index is 334. The van der Waals surface area contributed by atoms with Gasteiger partial charge in [0.15, 0.2) is 5.96 Å². The molecular weight excluding hydrogens is 292 g/mol. The highest BCUT2D eigenvalue weighted by Crippen LogP contribution is 2.32. The molecule has 0 aliphatic carbocycles. The number of guanidine groups is 1. The van der Waals surface area contributed by atoms with Gasteiger partial charge in [-0.15, -0.1) is 0 Å². The van der Waals surface area contributed by atoms with Crippen LogP contribution in [0.5, 0.6) is 0 Å². The van der Waals surface area contributed by atoms with Crippen molar-refractivity contribution in [1.82, 2.24) is 15.5 Å². The Labute approximate surface area is 140 Å². The third kappa shape index (κ3) is 5.34. The van der Waals surface area contributed by atoms with Crippen molar-refractivity contribution in [2.45, 2.75) is 70.0 Å². The number of piperidine rings is 2. The molecule has 2 heterocycles. The van der Waals surface area contributed by atoms with Crippen LogP contribution in [0.3, 0.4) is 0 Å². The molecule has 2 aliphatic rings. The monoisotopic (exact) mass is 326 g/mol. The summed E-state index contributed by atoms with van der Waals surface area (Å²) in [6.07, 6.45) is 11.3. The fourth-order valence-corrected chi connectivity index (χ4v) is 4.29. The van der Waals surface area contributed by atoms with Gasteiger partial charge in [-0.25, -0.2) is 0 Å². The van der Waals surface area contributed by atoms with Gasteiger partial charge in [0.2, 0.25) is 0 Å². The zero-order valence-electron chi connectivity index (χ0n) is 14.6. The molecule has 22 heavy (non-hydrogen) atoms. The van der Waals surface area contributed by atoms with E-state index in [1.54, 1.807) is 0 Å². The Morgan fingerprint density at radius 3 is 2.59 bits per heavy atom. The van der Waals surface area contributed by atoms with Gasteiger partial charge in [-0.3, -0.25) is 4.99 Å². The summed E-state index contributed by atoms with van der Waals surface area (Å²) >= 11 is 1.92. The van der Waals surface area contributed by atoms with Gasteiger partial charge < -0.3 is 15.5 Å². The predicted octanol–water partition coefficient (Wildman–Crippen LogP) is 2.70. The molecule has 2 rings (SSSR count). The lowest BCUT2D eigenvalue weighted by atomic mass is 9.82. The van der Waals surface area contributed by atoms with Crippen LogP contribution in [-0.4, -0.2) is 61.1 Å². The van der Waals surface area contributed by atoms with Gasteiger partial charge in [0.1, 0.15) is 0 Å². The minimum absolute atomic E-state index is 0.593. The van der Waals surface area contributed by atoms with Crippen molar-refractivity contribution in [1.29, 1.82) is 0 Å². The van der Waals surface area contributed by atoms with Gasteiger partial charge in [-0.1, -0.05) is 6.42 Å². The number of nitrogens with zero attached hydrogens (tertiary/aromatic N) is 2. The number of thioether (sulfide) groups is 1. The molecular formula is C17H34N4S. The zero-order valence-corrected chi connectivity index (χ0v) is 15.4. The number of fused-ring (bicyclic) bond motifs is 2. The third-order valence-electron chi connectivity index (χ3n) is 5.05. The maximum atomic E-state index is 4.76. The summed E-state index contributed by atoms with van der Waals surface area (Å²) in [5, 5.41) is 7.12. The van der Waals surface area contributed by atoms with E-state index in [0.29, 0.717) is 6.04 Å². The molecule has 2 aliphatic heterocycles. The fraction of sp³-hybridized carbons (Fsp3) is 0.941. The van der Waals surface area contributed by atoms with Crippen molar-refractivity contribution < 1.29 is 0 Å². The highest BCUT2D eigenvalue weighted by Gasteiger charge is 2.36. The first kappa shape index (κ1) is 17.9. The molecule has 0 aromatic rings. The normalized spacial score (nSPS) is 29.4. The molecule has 2 N–H and O–H groups in total. The van der Waals surface area contributed by atoms with Crippen LogP contribution in [0.1, 0.15) is 51.9 Å². The van der Waals surface area contributed by atoms with Gasteiger partial charge in [0, 0.05) is 31.2 Å². The first-order valence-corrected chi connectivity index (χ1v) is 10.4. The van der Waals surface area contributed by atoms with E-state index < -0.39 is 0 Å². The zero-order chi connectivity index (χ0) is 15.8. The predicted molar refractivity (Wildman–Crippen MR) is 98.9 cm³/mol. The molecule has 128 valence electrons. The highest BCUT2D eigenvalue weighted by molar-refractivity contribution is 7.98. The fourth-order valence-electron chi connectivity index (χ4n) is 3.80. The van der Waals surface area contributed by atoms with Crippen molar-refractivity contribution >= 4 is 17.7 Å². The number of nitrogens with one attached hydrogen (secondary N) is 2. The molecule has 2 fully saturated rings. The van der Waals surface area contributed by atoms with Crippen molar-refractivity contribution in [3.05, 3.63) is 0 Å². The van der Waals surface area contributed by atoms with E-state index in [9.17, 15) is 0 Å². The maximum Gasteiger partial charge on any atom is 0.191 e. The lowest BCUT2D eigenvalue weighted by Crippen LogP contribution is -2.56. The van der Waals surface area contributed by atoms with Crippen LogP contribution in [0.25, 0.3) is 0 Å². The van der Waals surface area contributed by atoms with E-state index in [1.165, 1.54) is 50.7 Å². The number of aliphatic imine (C=N–C) groups is 1. The minimum atomic E-state index is 0.593. The van der Waals surface area contributed by atoms with Crippen LogP contribution in [0.2, 0.25) is 0 Å². The molecule has 0 spiro atoms. The summed E-state index contributed by atoms with van der Waals surface area (Å²) < 4.78 is 0. The smallest absolute Gasteiger partial charge is 0.191 e. The Hall–Kier alpha value is -0.420. The second-order valence-electron chi connectivity index (χ2n) is 6.68. The van der Waals surface area contributed by atoms with Crippen LogP contribution >= 0.6 is 11.8 Å². The molecule has 0 aromatic carbocycles. The summed E-state index contributed by atoms with van der Waals surface area (Å²) in [4.78, 5) is 7.38. The summed E-state index contributed by atoms with van der Waals surface area (Å²) in [7, 11) is 2.32. The van der Waals surface area contributed by atoms with Crippen molar-refractivity contribution in [3.63, 3.8) is 0 Å². The Balaban J connectivity index is 1.81. The van der Waals surface area contributed by atoms with Gasteiger partial charge in [0.05, 0.1) is 0 Å². The Morgan fingerprint density at radius 1 is 1.23 bits per heavy atom. The summed E-state index contributed by atoms with van der Waals surface area (Å²) in [6, 6.07) is 2.14. The van der Waals surface area contributed by atoms with E-state index in [1.807, 2.05) is 11.8 Å². The summed E-state index contributed by atoms with van der Waals surface area (Å²) in [5.74, 6) is 2.27. The van der Waals surface area contributed by atoms with Crippen LogP contribution < -0.4 is 10.6 Å². The number of rotatable bonds is 7. The second-order valence-corrected chi connectivity index (χ2v) is 7.66. The Kier molecular flexibility index (Phi) is 7.87. The van der Waals surface area contributed by atoms with E-state index in [4.69, 9.17) is 4.99 Å². The molecule has 2 saturated heterocycles.